The third kappa shape index (κ3) is 5.78. The van der Waals surface area contributed by atoms with Crippen molar-refractivity contribution in [3.63, 3.8) is 0 Å². The first-order valence-corrected chi connectivity index (χ1v) is 11.0. The van der Waals surface area contributed by atoms with E-state index in [0.717, 1.165) is 0 Å². The smallest absolute Gasteiger partial charge is 0.426 e. The Labute approximate surface area is 195 Å². The number of alkyl halides is 3. The second-order valence-corrected chi connectivity index (χ2v) is 9.43. The summed E-state index contributed by atoms with van der Waals surface area (Å²) in [5.74, 6) is -1.20. The molecule has 34 heavy (non-hydrogen) atoms. The first kappa shape index (κ1) is 25.7. The van der Waals surface area contributed by atoms with Crippen LogP contribution in [0.2, 0.25) is 0 Å². The first-order valence-electron chi connectivity index (χ1n) is 11.0. The van der Waals surface area contributed by atoms with Crippen molar-refractivity contribution in [1.82, 2.24) is 15.2 Å². The fourth-order valence-corrected chi connectivity index (χ4v) is 3.48. The molecule has 0 saturated carbocycles. The summed E-state index contributed by atoms with van der Waals surface area (Å²) in [6.07, 6.45) is -5.04. The molecule has 12 heteroatoms. The summed E-state index contributed by atoms with van der Waals surface area (Å²) in [5.41, 5.74) is -3.57. The maximum Gasteiger partial charge on any atom is 0.426 e. The fraction of sp³-hybridized carbons (Fsp3) is 0.636. The van der Waals surface area contributed by atoms with Gasteiger partial charge in [-0.05, 0) is 66.4 Å². The SMILES string of the molecule is Cc1cc(NC(=O)OC(C)(C)C)c2nc1O[C@H](C)CCCCC[C@](O)(C(F)(F)F)c1nnc-2o1. The van der Waals surface area contributed by atoms with Gasteiger partial charge in [-0.1, -0.05) is 6.42 Å². The van der Waals surface area contributed by atoms with E-state index in [1.807, 2.05) is 6.92 Å². The number of halogens is 3. The molecule has 0 spiro atoms. The number of carbonyl (C=O) groups is 1. The molecule has 4 bridgehead atoms. The molecule has 1 amide bonds. The number of anilines is 1. The van der Waals surface area contributed by atoms with E-state index in [4.69, 9.17) is 13.9 Å². The number of amides is 1. The van der Waals surface area contributed by atoms with Gasteiger partial charge in [-0.3, -0.25) is 5.32 Å². The van der Waals surface area contributed by atoms with Gasteiger partial charge in [0, 0.05) is 5.56 Å². The van der Waals surface area contributed by atoms with Gasteiger partial charge in [0.2, 0.25) is 11.5 Å². The minimum absolute atomic E-state index is 0.0737. The van der Waals surface area contributed by atoms with Crippen molar-refractivity contribution in [3.8, 4) is 17.5 Å². The van der Waals surface area contributed by atoms with Crippen LogP contribution >= 0.6 is 0 Å². The maximum absolute atomic E-state index is 13.8. The van der Waals surface area contributed by atoms with Crippen LogP contribution in [0.4, 0.5) is 23.7 Å². The van der Waals surface area contributed by atoms with Crippen molar-refractivity contribution >= 4 is 11.8 Å². The van der Waals surface area contributed by atoms with Gasteiger partial charge in [0.15, 0.2) is 5.69 Å². The molecule has 3 heterocycles. The van der Waals surface area contributed by atoms with E-state index in [-0.39, 0.29) is 29.8 Å². The molecule has 188 valence electrons. The number of nitrogens with zero attached hydrogens (tertiary/aromatic N) is 3. The van der Waals surface area contributed by atoms with Gasteiger partial charge in [-0.2, -0.15) is 13.2 Å². The van der Waals surface area contributed by atoms with Gasteiger partial charge in [-0.15, -0.1) is 10.2 Å². The molecule has 1 aliphatic rings. The molecule has 2 aromatic rings. The average Bonchev–Trinajstić information content (AvgIpc) is 3.17. The molecule has 0 radical (unpaired) electrons. The van der Waals surface area contributed by atoms with Crippen LogP contribution in [0.1, 0.15) is 71.3 Å². The predicted octanol–water partition coefficient (Wildman–Crippen LogP) is 5.27. The number of carbonyl (C=O) groups excluding carboxylic acids is 1. The number of ether oxygens (including phenoxy) is 2. The average molecular weight is 486 g/mol. The van der Waals surface area contributed by atoms with Crippen LogP contribution in [0.15, 0.2) is 10.5 Å². The second-order valence-electron chi connectivity index (χ2n) is 9.43. The maximum atomic E-state index is 13.8. The quantitative estimate of drug-likeness (QED) is 0.560. The molecule has 0 unspecified atom stereocenters. The molecular weight excluding hydrogens is 457 g/mol. The summed E-state index contributed by atoms with van der Waals surface area (Å²) in [4.78, 5) is 16.7. The van der Waals surface area contributed by atoms with E-state index in [9.17, 15) is 23.1 Å². The van der Waals surface area contributed by atoms with Gasteiger partial charge < -0.3 is 19.0 Å². The summed E-state index contributed by atoms with van der Waals surface area (Å²) in [6, 6.07) is 1.53. The number of aromatic nitrogens is 3. The molecule has 1 aliphatic heterocycles. The van der Waals surface area contributed by atoms with Crippen LogP contribution in [0.5, 0.6) is 5.88 Å². The van der Waals surface area contributed by atoms with Crippen molar-refractivity contribution in [1.29, 1.82) is 0 Å². The molecule has 3 rings (SSSR count). The summed E-state index contributed by atoms with van der Waals surface area (Å²) in [7, 11) is 0. The number of rotatable bonds is 1. The van der Waals surface area contributed by atoms with Crippen LogP contribution in [-0.4, -0.2) is 44.3 Å². The number of pyridine rings is 1. The van der Waals surface area contributed by atoms with E-state index in [1.165, 1.54) is 6.07 Å². The molecular formula is C22H29F3N4O5. The second kappa shape index (κ2) is 9.40. The zero-order chi connectivity index (χ0) is 25.3. The predicted molar refractivity (Wildman–Crippen MR) is 115 cm³/mol. The monoisotopic (exact) mass is 486 g/mol. The molecule has 2 atom stereocenters. The molecule has 2 aromatic heterocycles. The number of hydrogen-bond acceptors (Lipinski definition) is 8. The van der Waals surface area contributed by atoms with Gasteiger partial charge in [0.05, 0.1) is 11.8 Å². The van der Waals surface area contributed by atoms with Gasteiger partial charge in [0.1, 0.15) is 5.60 Å². The van der Waals surface area contributed by atoms with Gasteiger partial charge >= 0.3 is 12.3 Å². The summed E-state index contributed by atoms with van der Waals surface area (Å²) < 4.78 is 58.0. The number of aryl methyl sites for hydroxylation is 1. The van der Waals surface area contributed by atoms with Gasteiger partial charge in [0.25, 0.3) is 11.8 Å². The molecule has 0 fully saturated rings. The zero-order valence-corrected chi connectivity index (χ0v) is 19.7. The van der Waals surface area contributed by atoms with Crippen molar-refractivity contribution in [2.24, 2.45) is 0 Å². The molecule has 0 saturated heterocycles. The largest absolute Gasteiger partial charge is 0.474 e. The highest BCUT2D eigenvalue weighted by Crippen LogP contribution is 2.43. The lowest BCUT2D eigenvalue weighted by Gasteiger charge is -2.27. The van der Waals surface area contributed by atoms with Crippen LogP contribution in [0.25, 0.3) is 11.6 Å². The molecule has 9 nitrogen and oxygen atoms in total. The summed E-state index contributed by atoms with van der Waals surface area (Å²) in [5, 5.41) is 20.2. The minimum Gasteiger partial charge on any atom is -0.474 e. The highest BCUT2D eigenvalue weighted by Gasteiger charge is 2.58. The Morgan fingerprint density at radius 1 is 1.24 bits per heavy atom. The van der Waals surface area contributed by atoms with E-state index in [1.54, 1.807) is 27.7 Å². The summed E-state index contributed by atoms with van der Waals surface area (Å²) in [6.45, 7) is 8.59. The standard InChI is InChI=1S/C22H29F3N4O5/c1-12-11-14(26-19(30)34-20(3,4)5)15-17-28-29-18(33-17)21(31,22(23,24)25)10-8-6-7-9-13(2)32-16(12)27-15/h11,13,31H,6-10H2,1-5H3,(H,26,30)/t13-,21-/m1/s1. The molecule has 0 aliphatic carbocycles. The Balaban J connectivity index is 2.12. The first-order chi connectivity index (χ1) is 15.7. The van der Waals surface area contributed by atoms with Crippen LogP contribution in [-0.2, 0) is 10.3 Å². The highest BCUT2D eigenvalue weighted by molar-refractivity contribution is 5.89. The zero-order valence-electron chi connectivity index (χ0n) is 19.7. The van der Waals surface area contributed by atoms with E-state index >= 15 is 0 Å². The third-order valence-corrected chi connectivity index (χ3v) is 5.21. The Kier molecular flexibility index (Phi) is 7.11. The lowest BCUT2D eigenvalue weighted by molar-refractivity contribution is -0.277. The van der Waals surface area contributed by atoms with Crippen LogP contribution < -0.4 is 10.1 Å². The molecule has 2 N–H and O–H groups in total. The number of nitrogens with one attached hydrogen (secondary N) is 1. The fourth-order valence-electron chi connectivity index (χ4n) is 3.48. The normalized spacial score (nSPS) is 21.9. The lowest BCUT2D eigenvalue weighted by Crippen LogP contribution is -2.42. The third-order valence-electron chi connectivity index (χ3n) is 5.21. The van der Waals surface area contributed by atoms with E-state index < -0.39 is 41.7 Å². The lowest BCUT2D eigenvalue weighted by atomic mass is 9.94. The van der Waals surface area contributed by atoms with Gasteiger partial charge in [-0.25, -0.2) is 9.78 Å². The van der Waals surface area contributed by atoms with Crippen molar-refractivity contribution < 1.29 is 37.0 Å². The Morgan fingerprint density at radius 3 is 2.59 bits per heavy atom. The summed E-state index contributed by atoms with van der Waals surface area (Å²) >= 11 is 0. The van der Waals surface area contributed by atoms with Crippen LogP contribution in [0, 0.1) is 6.92 Å². The van der Waals surface area contributed by atoms with Crippen molar-refractivity contribution in [2.75, 3.05) is 5.32 Å². The number of hydrogen-bond donors (Lipinski definition) is 2. The Hall–Kier alpha value is -2.89. The molecule has 0 aromatic carbocycles. The highest BCUT2D eigenvalue weighted by atomic mass is 19.4. The number of fused-ring (bicyclic) bond motifs is 5. The van der Waals surface area contributed by atoms with Crippen molar-refractivity contribution in [2.45, 2.75) is 90.2 Å². The Morgan fingerprint density at radius 2 is 1.94 bits per heavy atom. The van der Waals surface area contributed by atoms with Crippen LogP contribution in [0.3, 0.4) is 0 Å². The topological polar surface area (TPSA) is 120 Å². The van der Waals surface area contributed by atoms with E-state index in [0.29, 0.717) is 24.8 Å². The minimum atomic E-state index is -5.03. The number of aliphatic hydroxyl groups is 1. The Bertz CT molecular complexity index is 1030. The van der Waals surface area contributed by atoms with Crippen molar-refractivity contribution in [3.05, 3.63) is 17.5 Å². The van der Waals surface area contributed by atoms with E-state index in [2.05, 4.69) is 20.5 Å².